The normalized spacial score (nSPS) is 17.9. The average Bonchev–Trinajstić information content (AvgIpc) is 2.63. The van der Waals surface area contributed by atoms with Crippen molar-refractivity contribution in [1.29, 1.82) is 0 Å². The molecule has 1 heterocycles. The SMILES string of the molecule is CC(C)COc1ccc(CNC(=O)NCC2CN(CC(C)C)CCO2)cc1. The van der Waals surface area contributed by atoms with E-state index in [1.807, 2.05) is 24.3 Å². The summed E-state index contributed by atoms with van der Waals surface area (Å²) in [6.07, 6.45) is 0.0561. The quantitative estimate of drug-likeness (QED) is 0.695. The van der Waals surface area contributed by atoms with Gasteiger partial charge in [0, 0.05) is 32.7 Å². The maximum absolute atomic E-state index is 12.0. The van der Waals surface area contributed by atoms with E-state index in [0.717, 1.165) is 37.6 Å². The van der Waals surface area contributed by atoms with Gasteiger partial charge in [0.05, 0.1) is 19.3 Å². The Morgan fingerprint density at radius 2 is 1.93 bits per heavy atom. The highest BCUT2D eigenvalue weighted by molar-refractivity contribution is 5.73. The molecule has 2 rings (SSSR count). The monoisotopic (exact) mass is 377 g/mol. The topological polar surface area (TPSA) is 62.8 Å². The maximum atomic E-state index is 12.0. The molecule has 1 unspecified atom stereocenters. The van der Waals surface area contributed by atoms with E-state index in [2.05, 4.69) is 43.2 Å². The number of hydrogen-bond acceptors (Lipinski definition) is 4. The number of nitrogens with one attached hydrogen (secondary N) is 2. The molecular formula is C21H35N3O3. The molecule has 2 amide bonds. The van der Waals surface area contributed by atoms with Crippen LogP contribution in [0, 0.1) is 11.8 Å². The van der Waals surface area contributed by atoms with Crippen LogP contribution in [0.25, 0.3) is 0 Å². The Morgan fingerprint density at radius 3 is 2.59 bits per heavy atom. The minimum Gasteiger partial charge on any atom is -0.493 e. The van der Waals surface area contributed by atoms with Gasteiger partial charge in [-0.25, -0.2) is 4.79 Å². The summed E-state index contributed by atoms with van der Waals surface area (Å²) in [5, 5.41) is 5.81. The van der Waals surface area contributed by atoms with E-state index in [1.165, 1.54) is 0 Å². The second-order valence-electron chi connectivity index (χ2n) is 8.06. The van der Waals surface area contributed by atoms with Crippen molar-refractivity contribution in [2.45, 2.75) is 40.3 Å². The largest absolute Gasteiger partial charge is 0.493 e. The summed E-state index contributed by atoms with van der Waals surface area (Å²) >= 11 is 0. The smallest absolute Gasteiger partial charge is 0.315 e. The van der Waals surface area contributed by atoms with E-state index in [4.69, 9.17) is 9.47 Å². The molecule has 0 bridgehead atoms. The van der Waals surface area contributed by atoms with Crippen LogP contribution in [0.3, 0.4) is 0 Å². The summed E-state index contributed by atoms with van der Waals surface area (Å²) in [7, 11) is 0. The molecule has 0 aliphatic carbocycles. The highest BCUT2D eigenvalue weighted by Gasteiger charge is 2.21. The van der Waals surface area contributed by atoms with Crippen LogP contribution in [0.4, 0.5) is 4.79 Å². The van der Waals surface area contributed by atoms with Crippen LogP contribution >= 0.6 is 0 Å². The molecule has 0 saturated carbocycles. The first kappa shape index (κ1) is 21.5. The summed E-state index contributed by atoms with van der Waals surface area (Å²) in [5.41, 5.74) is 1.04. The molecule has 1 saturated heterocycles. The Hall–Kier alpha value is -1.79. The van der Waals surface area contributed by atoms with Gasteiger partial charge in [0.15, 0.2) is 0 Å². The summed E-state index contributed by atoms with van der Waals surface area (Å²) in [6, 6.07) is 7.67. The number of ether oxygens (including phenoxy) is 2. The van der Waals surface area contributed by atoms with E-state index in [-0.39, 0.29) is 12.1 Å². The number of rotatable bonds is 9. The van der Waals surface area contributed by atoms with E-state index >= 15 is 0 Å². The molecular weight excluding hydrogens is 342 g/mol. The van der Waals surface area contributed by atoms with Crippen molar-refractivity contribution in [2.24, 2.45) is 11.8 Å². The zero-order valence-electron chi connectivity index (χ0n) is 17.2. The highest BCUT2D eigenvalue weighted by Crippen LogP contribution is 2.13. The Bertz CT molecular complexity index is 560. The Morgan fingerprint density at radius 1 is 1.19 bits per heavy atom. The van der Waals surface area contributed by atoms with Gasteiger partial charge < -0.3 is 20.1 Å². The Balaban J connectivity index is 1.65. The molecule has 1 aromatic carbocycles. The van der Waals surface area contributed by atoms with Gasteiger partial charge in [-0.15, -0.1) is 0 Å². The number of nitrogens with zero attached hydrogens (tertiary/aromatic N) is 1. The molecule has 152 valence electrons. The van der Waals surface area contributed by atoms with Crippen molar-refractivity contribution in [1.82, 2.24) is 15.5 Å². The van der Waals surface area contributed by atoms with Crippen LogP contribution in [-0.4, -0.2) is 56.4 Å². The van der Waals surface area contributed by atoms with Crippen molar-refractivity contribution in [3.63, 3.8) is 0 Å². The Kier molecular flexibility index (Phi) is 8.88. The van der Waals surface area contributed by atoms with Crippen molar-refractivity contribution in [3.8, 4) is 5.75 Å². The van der Waals surface area contributed by atoms with E-state index in [9.17, 15) is 4.79 Å². The molecule has 2 N–H and O–H groups in total. The summed E-state index contributed by atoms with van der Waals surface area (Å²) in [4.78, 5) is 14.5. The van der Waals surface area contributed by atoms with E-state index in [1.54, 1.807) is 0 Å². The van der Waals surface area contributed by atoms with Crippen LogP contribution < -0.4 is 15.4 Å². The zero-order valence-corrected chi connectivity index (χ0v) is 17.2. The van der Waals surface area contributed by atoms with Gasteiger partial charge in [0.1, 0.15) is 5.75 Å². The van der Waals surface area contributed by atoms with E-state index < -0.39 is 0 Å². The van der Waals surface area contributed by atoms with Crippen LogP contribution in [0.2, 0.25) is 0 Å². The molecule has 0 radical (unpaired) electrons. The predicted octanol–water partition coefficient (Wildman–Crippen LogP) is 2.88. The van der Waals surface area contributed by atoms with Crippen LogP contribution in [-0.2, 0) is 11.3 Å². The molecule has 1 atom stereocenters. The summed E-state index contributed by atoms with van der Waals surface area (Å²) in [6.45, 7) is 14.1. The highest BCUT2D eigenvalue weighted by atomic mass is 16.5. The number of morpholine rings is 1. The fourth-order valence-corrected chi connectivity index (χ4v) is 3.00. The minimum atomic E-state index is -0.167. The molecule has 1 aromatic rings. The second kappa shape index (κ2) is 11.1. The van der Waals surface area contributed by atoms with Gasteiger partial charge >= 0.3 is 6.03 Å². The summed E-state index contributed by atoms with van der Waals surface area (Å²) < 4.78 is 11.4. The minimum absolute atomic E-state index is 0.0561. The lowest BCUT2D eigenvalue weighted by Crippen LogP contribution is -2.49. The third-order valence-corrected chi connectivity index (χ3v) is 4.30. The van der Waals surface area contributed by atoms with Crippen molar-refractivity contribution < 1.29 is 14.3 Å². The molecule has 27 heavy (non-hydrogen) atoms. The van der Waals surface area contributed by atoms with Gasteiger partial charge in [0.2, 0.25) is 0 Å². The number of carbonyl (C=O) groups is 1. The van der Waals surface area contributed by atoms with Gasteiger partial charge in [0.25, 0.3) is 0 Å². The first-order valence-electron chi connectivity index (χ1n) is 9.99. The lowest BCUT2D eigenvalue weighted by molar-refractivity contribution is -0.0290. The summed E-state index contributed by atoms with van der Waals surface area (Å²) in [5.74, 6) is 2.00. The maximum Gasteiger partial charge on any atom is 0.315 e. The average molecular weight is 378 g/mol. The molecule has 1 aliphatic rings. The van der Waals surface area contributed by atoms with Crippen molar-refractivity contribution in [3.05, 3.63) is 29.8 Å². The first-order chi connectivity index (χ1) is 12.9. The Labute approximate surface area is 163 Å². The first-order valence-corrected chi connectivity index (χ1v) is 9.99. The second-order valence-corrected chi connectivity index (χ2v) is 8.06. The van der Waals surface area contributed by atoms with E-state index in [0.29, 0.717) is 31.5 Å². The third kappa shape index (κ3) is 8.63. The van der Waals surface area contributed by atoms with Gasteiger partial charge in [-0.1, -0.05) is 39.8 Å². The zero-order chi connectivity index (χ0) is 19.6. The van der Waals surface area contributed by atoms with Crippen LogP contribution in [0.15, 0.2) is 24.3 Å². The fraction of sp³-hybridized carbons (Fsp3) is 0.667. The molecule has 0 spiro atoms. The number of urea groups is 1. The van der Waals surface area contributed by atoms with Crippen molar-refractivity contribution in [2.75, 3.05) is 39.4 Å². The molecule has 6 nitrogen and oxygen atoms in total. The van der Waals surface area contributed by atoms with Crippen LogP contribution in [0.1, 0.15) is 33.3 Å². The van der Waals surface area contributed by atoms with Crippen molar-refractivity contribution >= 4 is 6.03 Å². The number of benzene rings is 1. The molecule has 6 heteroatoms. The number of carbonyl (C=O) groups excluding carboxylic acids is 1. The molecule has 0 aromatic heterocycles. The van der Waals surface area contributed by atoms with Gasteiger partial charge in [-0.2, -0.15) is 0 Å². The molecule has 1 aliphatic heterocycles. The number of hydrogen-bond donors (Lipinski definition) is 2. The van der Waals surface area contributed by atoms with Gasteiger partial charge in [-0.3, -0.25) is 4.90 Å². The lowest BCUT2D eigenvalue weighted by Gasteiger charge is -2.33. The third-order valence-electron chi connectivity index (χ3n) is 4.30. The fourth-order valence-electron chi connectivity index (χ4n) is 3.00. The standard InChI is InChI=1S/C21H35N3O3/c1-16(2)13-24-9-10-26-20(14-24)12-23-21(25)22-11-18-5-7-19(8-6-18)27-15-17(3)4/h5-8,16-17,20H,9-15H2,1-4H3,(H2,22,23,25). The lowest BCUT2D eigenvalue weighted by atomic mass is 10.2. The van der Waals surface area contributed by atoms with Gasteiger partial charge in [-0.05, 0) is 29.5 Å². The van der Waals surface area contributed by atoms with Crippen LogP contribution in [0.5, 0.6) is 5.75 Å². The predicted molar refractivity (Wildman–Crippen MR) is 108 cm³/mol. The number of amides is 2. The molecule has 1 fully saturated rings.